The van der Waals surface area contributed by atoms with Crippen LogP contribution in [0.25, 0.3) is 0 Å². The van der Waals surface area contributed by atoms with Crippen molar-refractivity contribution in [3.05, 3.63) is 29.6 Å². The second kappa shape index (κ2) is 5.54. The van der Waals surface area contributed by atoms with Gasteiger partial charge in [-0.2, -0.15) is 4.31 Å². The number of carboxylic acid groups (broad SMARTS) is 1. The second-order valence-electron chi connectivity index (χ2n) is 6.19. The molecule has 1 spiro atoms. The lowest BCUT2D eigenvalue weighted by molar-refractivity contribution is -0.150. The lowest BCUT2D eigenvalue weighted by Gasteiger charge is -2.50. The van der Waals surface area contributed by atoms with Crippen molar-refractivity contribution in [2.24, 2.45) is 0 Å². The van der Waals surface area contributed by atoms with E-state index in [1.54, 1.807) is 6.92 Å². The number of ether oxygens (including phenoxy) is 1. The molecule has 0 bridgehead atoms. The standard InChI is InChI=1S/C15H18FNO5S/c1-10-8-22-15(5-2-6-15)9-17(10)23(20,21)11-3-4-12(14(18)19)13(16)7-11/h3-4,7,10H,2,5-6,8-9H2,1H3,(H,18,19). The van der Waals surface area contributed by atoms with Crippen molar-refractivity contribution < 1.29 is 27.4 Å². The molecule has 1 saturated heterocycles. The molecule has 0 radical (unpaired) electrons. The fourth-order valence-corrected chi connectivity index (χ4v) is 4.73. The Labute approximate surface area is 133 Å². The predicted octanol–water partition coefficient (Wildman–Crippen LogP) is 1.86. The molecule has 1 aromatic rings. The zero-order valence-electron chi connectivity index (χ0n) is 12.7. The van der Waals surface area contributed by atoms with Crippen molar-refractivity contribution in [3.8, 4) is 0 Å². The number of morpholine rings is 1. The van der Waals surface area contributed by atoms with Gasteiger partial charge in [-0.1, -0.05) is 0 Å². The van der Waals surface area contributed by atoms with E-state index in [9.17, 15) is 17.6 Å². The molecule has 1 aliphatic heterocycles. The molecule has 3 rings (SSSR count). The van der Waals surface area contributed by atoms with E-state index in [1.165, 1.54) is 4.31 Å². The average Bonchev–Trinajstić information content (AvgIpc) is 2.45. The van der Waals surface area contributed by atoms with Crippen LogP contribution in [0, 0.1) is 5.82 Å². The van der Waals surface area contributed by atoms with Crippen LogP contribution < -0.4 is 0 Å². The summed E-state index contributed by atoms with van der Waals surface area (Å²) in [6.45, 7) is 2.29. The van der Waals surface area contributed by atoms with E-state index in [2.05, 4.69) is 0 Å². The second-order valence-corrected chi connectivity index (χ2v) is 8.08. The number of sulfonamides is 1. The summed E-state index contributed by atoms with van der Waals surface area (Å²) in [6, 6.07) is 2.54. The molecular weight excluding hydrogens is 325 g/mol. The summed E-state index contributed by atoms with van der Waals surface area (Å²) in [5, 5.41) is 8.84. The van der Waals surface area contributed by atoms with Gasteiger partial charge in [0.15, 0.2) is 0 Å². The monoisotopic (exact) mass is 343 g/mol. The van der Waals surface area contributed by atoms with Crippen LogP contribution in [0.1, 0.15) is 36.5 Å². The van der Waals surface area contributed by atoms with Gasteiger partial charge in [0.1, 0.15) is 5.82 Å². The summed E-state index contributed by atoms with van der Waals surface area (Å²) >= 11 is 0. The summed E-state index contributed by atoms with van der Waals surface area (Å²) in [5.74, 6) is -2.49. The third kappa shape index (κ3) is 2.75. The molecule has 1 aliphatic carbocycles. The van der Waals surface area contributed by atoms with Gasteiger partial charge in [-0.25, -0.2) is 17.6 Å². The largest absolute Gasteiger partial charge is 0.478 e. The number of rotatable bonds is 3. The number of nitrogens with zero attached hydrogens (tertiary/aromatic N) is 1. The van der Waals surface area contributed by atoms with Crippen LogP contribution in [0.5, 0.6) is 0 Å². The van der Waals surface area contributed by atoms with Gasteiger partial charge >= 0.3 is 5.97 Å². The van der Waals surface area contributed by atoms with Gasteiger partial charge in [0.25, 0.3) is 0 Å². The average molecular weight is 343 g/mol. The van der Waals surface area contributed by atoms with E-state index < -0.39 is 33.0 Å². The van der Waals surface area contributed by atoms with Crippen LogP contribution in [-0.4, -0.2) is 48.6 Å². The SMILES string of the molecule is CC1COC2(CCC2)CN1S(=O)(=O)c1ccc(C(=O)O)c(F)c1. The number of hydrogen-bond acceptors (Lipinski definition) is 4. The van der Waals surface area contributed by atoms with E-state index >= 15 is 0 Å². The minimum Gasteiger partial charge on any atom is -0.478 e. The van der Waals surface area contributed by atoms with Crippen LogP contribution in [0.15, 0.2) is 23.1 Å². The summed E-state index contributed by atoms with van der Waals surface area (Å²) < 4.78 is 46.6. The third-order valence-electron chi connectivity index (χ3n) is 4.61. The maximum atomic E-state index is 13.8. The molecule has 1 aromatic carbocycles. The molecule has 2 aliphatic rings. The molecule has 23 heavy (non-hydrogen) atoms. The van der Waals surface area contributed by atoms with Crippen molar-refractivity contribution in [2.75, 3.05) is 13.2 Å². The van der Waals surface area contributed by atoms with Crippen molar-refractivity contribution in [1.82, 2.24) is 4.31 Å². The molecule has 1 saturated carbocycles. The van der Waals surface area contributed by atoms with Gasteiger partial charge in [0, 0.05) is 12.6 Å². The molecule has 8 heteroatoms. The van der Waals surface area contributed by atoms with Gasteiger partial charge in [0.2, 0.25) is 10.0 Å². The van der Waals surface area contributed by atoms with Crippen molar-refractivity contribution in [1.29, 1.82) is 0 Å². The maximum absolute atomic E-state index is 13.8. The molecule has 0 amide bonds. The normalized spacial score (nSPS) is 24.3. The van der Waals surface area contributed by atoms with E-state index in [0.717, 1.165) is 37.5 Å². The van der Waals surface area contributed by atoms with Crippen molar-refractivity contribution in [2.45, 2.75) is 42.7 Å². The maximum Gasteiger partial charge on any atom is 0.338 e. The van der Waals surface area contributed by atoms with Crippen LogP contribution in [0.4, 0.5) is 4.39 Å². The van der Waals surface area contributed by atoms with Crippen LogP contribution >= 0.6 is 0 Å². The van der Waals surface area contributed by atoms with Crippen molar-refractivity contribution in [3.63, 3.8) is 0 Å². The molecule has 1 heterocycles. The van der Waals surface area contributed by atoms with Gasteiger partial charge in [-0.15, -0.1) is 0 Å². The molecule has 1 unspecified atom stereocenters. The number of carbonyl (C=O) groups is 1. The third-order valence-corrected chi connectivity index (χ3v) is 6.56. The minimum atomic E-state index is -3.90. The highest BCUT2D eigenvalue weighted by molar-refractivity contribution is 7.89. The minimum absolute atomic E-state index is 0.233. The van der Waals surface area contributed by atoms with Crippen LogP contribution in [0.3, 0.4) is 0 Å². The Morgan fingerprint density at radius 3 is 2.65 bits per heavy atom. The smallest absolute Gasteiger partial charge is 0.338 e. The topological polar surface area (TPSA) is 83.9 Å². The Hall–Kier alpha value is -1.51. The first-order valence-corrected chi connectivity index (χ1v) is 8.88. The first-order chi connectivity index (χ1) is 10.8. The fraction of sp³-hybridized carbons (Fsp3) is 0.533. The van der Waals surface area contributed by atoms with E-state index in [-0.39, 0.29) is 17.5 Å². The summed E-state index contributed by atoms with van der Waals surface area (Å²) in [5.41, 5.74) is -0.964. The van der Waals surface area contributed by atoms with Gasteiger partial charge in [0.05, 0.1) is 22.7 Å². The Morgan fingerprint density at radius 2 is 2.13 bits per heavy atom. The number of benzene rings is 1. The quantitative estimate of drug-likeness (QED) is 0.905. The molecule has 1 atom stereocenters. The lowest BCUT2D eigenvalue weighted by Crippen LogP contribution is -2.60. The van der Waals surface area contributed by atoms with E-state index in [4.69, 9.17) is 9.84 Å². The van der Waals surface area contributed by atoms with E-state index in [0.29, 0.717) is 6.61 Å². The Kier molecular flexibility index (Phi) is 3.94. The Balaban J connectivity index is 1.94. The van der Waals surface area contributed by atoms with Crippen molar-refractivity contribution >= 4 is 16.0 Å². The fourth-order valence-electron chi connectivity index (χ4n) is 3.03. The summed E-state index contributed by atoms with van der Waals surface area (Å²) in [4.78, 5) is 10.6. The van der Waals surface area contributed by atoms with Crippen LogP contribution in [-0.2, 0) is 14.8 Å². The highest BCUT2D eigenvalue weighted by Crippen LogP contribution is 2.40. The van der Waals surface area contributed by atoms with Crippen LogP contribution in [0.2, 0.25) is 0 Å². The molecule has 126 valence electrons. The Bertz CT molecular complexity index is 744. The molecule has 6 nitrogen and oxygen atoms in total. The number of hydrogen-bond donors (Lipinski definition) is 1. The van der Waals surface area contributed by atoms with Gasteiger partial charge < -0.3 is 9.84 Å². The molecular formula is C15H18FNO5S. The first-order valence-electron chi connectivity index (χ1n) is 7.44. The first kappa shape index (κ1) is 16.4. The number of halogens is 1. The number of aromatic carboxylic acids is 1. The lowest BCUT2D eigenvalue weighted by atomic mass is 9.79. The van der Waals surface area contributed by atoms with Gasteiger partial charge in [-0.3, -0.25) is 0 Å². The zero-order chi connectivity index (χ0) is 16.8. The van der Waals surface area contributed by atoms with E-state index in [1.807, 2.05) is 0 Å². The van der Waals surface area contributed by atoms with Gasteiger partial charge in [-0.05, 0) is 44.4 Å². The highest BCUT2D eigenvalue weighted by atomic mass is 32.2. The molecule has 2 fully saturated rings. The zero-order valence-corrected chi connectivity index (χ0v) is 13.5. The summed E-state index contributed by atoms with van der Waals surface area (Å²) in [6.07, 6.45) is 2.64. The Morgan fingerprint density at radius 1 is 1.43 bits per heavy atom. The molecule has 0 aromatic heterocycles. The molecule has 1 N–H and O–H groups in total. The number of carboxylic acids is 1. The predicted molar refractivity (Wildman–Crippen MR) is 79.2 cm³/mol. The summed E-state index contributed by atoms with van der Waals surface area (Å²) in [7, 11) is -3.90. The highest BCUT2D eigenvalue weighted by Gasteiger charge is 2.47.